The molecule has 0 aliphatic heterocycles. The number of nitrogens with zero attached hydrogens (tertiary/aromatic N) is 4. The van der Waals surface area contributed by atoms with Crippen LogP contribution in [0.25, 0.3) is 0 Å². The number of ether oxygens (including phenoxy) is 1. The Balaban J connectivity index is 1.63. The smallest absolute Gasteiger partial charge is 0.358 e. The molecule has 7 heteroatoms. The lowest BCUT2D eigenvalue weighted by molar-refractivity contribution is 0.0593. The fourth-order valence-corrected chi connectivity index (χ4v) is 2.39. The molecule has 1 aromatic carbocycles. The van der Waals surface area contributed by atoms with Gasteiger partial charge in [-0.3, -0.25) is 4.68 Å². The molecule has 1 atom stereocenters. The first-order valence-electron chi connectivity index (χ1n) is 7.90. The Morgan fingerprint density at radius 1 is 1.20 bits per heavy atom. The first-order chi connectivity index (χ1) is 12.2. The van der Waals surface area contributed by atoms with E-state index in [9.17, 15) is 4.79 Å². The quantitative estimate of drug-likeness (QED) is 0.697. The molecule has 3 aromatic rings. The van der Waals surface area contributed by atoms with E-state index in [4.69, 9.17) is 0 Å². The van der Waals surface area contributed by atoms with Gasteiger partial charge in [0.15, 0.2) is 5.69 Å². The Hall–Kier alpha value is -3.22. The van der Waals surface area contributed by atoms with E-state index in [1.807, 2.05) is 42.2 Å². The maximum atomic E-state index is 11.4. The summed E-state index contributed by atoms with van der Waals surface area (Å²) in [6.07, 6.45) is 3.83. The lowest BCUT2D eigenvalue weighted by atomic mass is 10.2. The van der Waals surface area contributed by atoms with Gasteiger partial charge in [-0.2, -0.15) is 5.10 Å². The number of rotatable bonds is 6. The molecule has 0 saturated heterocycles. The summed E-state index contributed by atoms with van der Waals surface area (Å²) in [6.45, 7) is 2.74. The van der Waals surface area contributed by atoms with Gasteiger partial charge < -0.3 is 10.1 Å². The van der Waals surface area contributed by atoms with E-state index in [0.717, 1.165) is 12.1 Å². The highest BCUT2D eigenvalue weighted by Gasteiger charge is 2.11. The van der Waals surface area contributed by atoms with Crippen LogP contribution < -0.4 is 5.32 Å². The van der Waals surface area contributed by atoms with Gasteiger partial charge in [-0.15, -0.1) is 10.2 Å². The first-order valence-corrected chi connectivity index (χ1v) is 7.90. The Bertz CT molecular complexity index is 830. The molecule has 0 aliphatic rings. The first kappa shape index (κ1) is 16.6. The van der Waals surface area contributed by atoms with Crippen LogP contribution in [0.15, 0.2) is 54.9 Å². The predicted molar refractivity (Wildman–Crippen MR) is 93.2 cm³/mol. The number of esters is 1. The standard InChI is InChI=1S/C18H19N5O2/c1-13(20-17-9-8-16(21-22-17)18(24)25-2)15-10-19-23(12-15)11-14-6-4-3-5-7-14/h3-10,12-13H,11H2,1-2H3,(H,20,22). The summed E-state index contributed by atoms with van der Waals surface area (Å²) in [4.78, 5) is 11.4. The molecule has 7 nitrogen and oxygen atoms in total. The highest BCUT2D eigenvalue weighted by Crippen LogP contribution is 2.17. The molecular weight excluding hydrogens is 318 g/mol. The summed E-state index contributed by atoms with van der Waals surface area (Å²) < 4.78 is 6.50. The third kappa shape index (κ3) is 4.20. The van der Waals surface area contributed by atoms with Crippen LogP contribution in [0, 0.1) is 0 Å². The maximum Gasteiger partial charge on any atom is 0.358 e. The number of hydrogen-bond acceptors (Lipinski definition) is 6. The molecule has 0 aliphatic carbocycles. The minimum Gasteiger partial charge on any atom is -0.464 e. The molecule has 3 rings (SSSR count). The highest BCUT2D eigenvalue weighted by atomic mass is 16.5. The van der Waals surface area contributed by atoms with Gasteiger partial charge in [0.1, 0.15) is 5.82 Å². The van der Waals surface area contributed by atoms with Gasteiger partial charge in [-0.1, -0.05) is 30.3 Å². The number of anilines is 1. The molecule has 1 unspecified atom stereocenters. The van der Waals surface area contributed by atoms with Crippen molar-refractivity contribution in [2.24, 2.45) is 0 Å². The van der Waals surface area contributed by atoms with Crippen molar-refractivity contribution in [3.05, 3.63) is 71.7 Å². The van der Waals surface area contributed by atoms with Crippen LogP contribution in [0.2, 0.25) is 0 Å². The molecule has 2 aromatic heterocycles. The summed E-state index contributed by atoms with van der Waals surface area (Å²) in [5.74, 6) is 0.0743. The van der Waals surface area contributed by atoms with Crippen LogP contribution in [0.4, 0.5) is 5.82 Å². The van der Waals surface area contributed by atoms with E-state index in [0.29, 0.717) is 5.82 Å². The van der Waals surface area contributed by atoms with Crippen LogP contribution in [-0.4, -0.2) is 33.1 Å². The van der Waals surface area contributed by atoms with Crippen LogP contribution in [0.5, 0.6) is 0 Å². The molecule has 0 amide bonds. The fraction of sp³-hybridized carbons (Fsp3) is 0.222. The Morgan fingerprint density at radius 3 is 2.68 bits per heavy atom. The normalized spacial score (nSPS) is 11.8. The van der Waals surface area contributed by atoms with Gasteiger partial charge in [0.2, 0.25) is 0 Å². The van der Waals surface area contributed by atoms with E-state index in [-0.39, 0.29) is 11.7 Å². The van der Waals surface area contributed by atoms with E-state index in [1.165, 1.54) is 12.7 Å². The molecule has 128 valence electrons. The average molecular weight is 337 g/mol. The fourth-order valence-electron chi connectivity index (χ4n) is 2.39. The maximum absolute atomic E-state index is 11.4. The zero-order valence-corrected chi connectivity index (χ0v) is 14.1. The van der Waals surface area contributed by atoms with Gasteiger partial charge in [0.25, 0.3) is 0 Å². The molecule has 0 fully saturated rings. The SMILES string of the molecule is COC(=O)c1ccc(NC(C)c2cnn(Cc3ccccc3)c2)nn1. The Morgan fingerprint density at radius 2 is 2.00 bits per heavy atom. The molecule has 25 heavy (non-hydrogen) atoms. The van der Waals surface area contributed by atoms with Gasteiger partial charge in [0.05, 0.1) is 25.9 Å². The van der Waals surface area contributed by atoms with E-state index in [1.54, 1.807) is 12.1 Å². The molecule has 1 N–H and O–H groups in total. The number of nitrogens with one attached hydrogen (secondary N) is 1. The predicted octanol–water partition coefficient (Wildman–Crippen LogP) is 2.68. The van der Waals surface area contributed by atoms with Gasteiger partial charge in [-0.05, 0) is 24.6 Å². The molecule has 0 spiro atoms. The number of carbonyl (C=O) groups is 1. The highest BCUT2D eigenvalue weighted by molar-refractivity contribution is 5.86. The number of benzene rings is 1. The molecule has 0 radical (unpaired) electrons. The minimum absolute atomic E-state index is 0.00259. The number of hydrogen-bond donors (Lipinski definition) is 1. The third-order valence-electron chi connectivity index (χ3n) is 3.76. The van der Waals surface area contributed by atoms with Crippen molar-refractivity contribution >= 4 is 11.8 Å². The van der Waals surface area contributed by atoms with Crippen molar-refractivity contribution in [2.75, 3.05) is 12.4 Å². The molecule has 0 bridgehead atoms. The van der Waals surface area contributed by atoms with E-state index in [2.05, 4.69) is 37.5 Å². The second kappa shape index (κ2) is 7.57. The molecule has 0 saturated carbocycles. The van der Waals surface area contributed by atoms with Gasteiger partial charge >= 0.3 is 5.97 Å². The number of carbonyl (C=O) groups excluding carboxylic acids is 1. The van der Waals surface area contributed by atoms with Crippen molar-refractivity contribution in [3.63, 3.8) is 0 Å². The largest absolute Gasteiger partial charge is 0.464 e. The summed E-state index contributed by atoms with van der Waals surface area (Å²) in [5, 5.41) is 15.5. The van der Waals surface area contributed by atoms with Crippen molar-refractivity contribution in [2.45, 2.75) is 19.5 Å². The second-order valence-electron chi connectivity index (χ2n) is 5.62. The van der Waals surface area contributed by atoms with Crippen LogP contribution in [0.3, 0.4) is 0 Å². The molecular formula is C18H19N5O2. The van der Waals surface area contributed by atoms with Gasteiger partial charge in [0, 0.05) is 11.8 Å². The second-order valence-corrected chi connectivity index (χ2v) is 5.62. The lowest BCUT2D eigenvalue weighted by Crippen LogP contribution is -2.10. The van der Waals surface area contributed by atoms with Gasteiger partial charge in [-0.25, -0.2) is 4.79 Å². The van der Waals surface area contributed by atoms with Crippen LogP contribution >= 0.6 is 0 Å². The summed E-state index contributed by atoms with van der Waals surface area (Å²) in [6, 6.07) is 13.4. The van der Waals surface area contributed by atoms with Crippen molar-refractivity contribution in [1.29, 1.82) is 0 Å². The number of methoxy groups -OCH3 is 1. The third-order valence-corrected chi connectivity index (χ3v) is 3.76. The van der Waals surface area contributed by atoms with E-state index < -0.39 is 5.97 Å². The van der Waals surface area contributed by atoms with Crippen LogP contribution in [-0.2, 0) is 11.3 Å². The zero-order chi connectivity index (χ0) is 17.6. The molecule has 2 heterocycles. The summed E-state index contributed by atoms with van der Waals surface area (Å²) in [5.41, 5.74) is 2.41. The average Bonchev–Trinajstić information content (AvgIpc) is 3.11. The summed E-state index contributed by atoms with van der Waals surface area (Å²) in [7, 11) is 1.31. The summed E-state index contributed by atoms with van der Waals surface area (Å²) >= 11 is 0. The Kier molecular flexibility index (Phi) is 5.03. The monoisotopic (exact) mass is 337 g/mol. The van der Waals surface area contributed by atoms with E-state index >= 15 is 0 Å². The van der Waals surface area contributed by atoms with Crippen molar-refractivity contribution in [3.8, 4) is 0 Å². The minimum atomic E-state index is -0.505. The Labute approximate surface area is 145 Å². The van der Waals surface area contributed by atoms with Crippen molar-refractivity contribution < 1.29 is 9.53 Å². The van der Waals surface area contributed by atoms with Crippen LogP contribution in [0.1, 0.15) is 34.6 Å². The lowest BCUT2D eigenvalue weighted by Gasteiger charge is -2.12. The zero-order valence-electron chi connectivity index (χ0n) is 14.1. The number of aromatic nitrogens is 4. The van der Waals surface area contributed by atoms with Crippen molar-refractivity contribution in [1.82, 2.24) is 20.0 Å². The topological polar surface area (TPSA) is 81.9 Å².